The van der Waals surface area contributed by atoms with Crippen molar-refractivity contribution in [3.05, 3.63) is 0 Å². The summed E-state index contributed by atoms with van der Waals surface area (Å²) in [6.07, 6.45) is 0. The highest BCUT2D eigenvalue weighted by molar-refractivity contribution is 7.79. The molecule has 0 spiro atoms. The van der Waals surface area contributed by atoms with Gasteiger partial charge in [-0.25, -0.2) is 0 Å². The Balaban J connectivity index is -0.0000000910. The van der Waals surface area contributed by atoms with Crippen LogP contribution in [0.1, 0.15) is 0 Å². The molecule has 0 aromatic heterocycles. The van der Waals surface area contributed by atoms with Crippen molar-refractivity contribution in [3.63, 3.8) is 0 Å². The van der Waals surface area contributed by atoms with Crippen molar-refractivity contribution in [2.24, 2.45) is 5.73 Å². The third-order valence-electron chi connectivity index (χ3n) is 0.129. The molecule has 0 aromatic rings. The zero-order valence-electron chi connectivity index (χ0n) is 5.06. The van der Waals surface area contributed by atoms with Crippen LogP contribution >= 0.6 is 0 Å². The van der Waals surface area contributed by atoms with Crippen molar-refractivity contribution in [1.82, 2.24) is 0 Å². The molecule has 0 aliphatic carbocycles. The van der Waals surface area contributed by atoms with Crippen molar-refractivity contribution in [3.8, 4) is 0 Å². The van der Waals surface area contributed by atoms with Crippen molar-refractivity contribution >= 4 is 10.4 Å². The summed E-state index contributed by atoms with van der Waals surface area (Å²) >= 11 is 0. The monoisotopic (exact) mass is 177 g/mol. The largest absolute Gasteiger partial charge is 0.412 e. The normalized spacial score (nSPS) is 8.80. The average molecular weight is 177 g/mol. The van der Waals surface area contributed by atoms with Crippen LogP contribution in [0.5, 0.6) is 0 Å². The second-order valence-corrected chi connectivity index (χ2v) is 1.86. The van der Waals surface area contributed by atoms with Gasteiger partial charge in [-0.2, -0.15) is 8.42 Å². The molecule has 0 aromatic carbocycles. The fraction of sp³-hybridized carbons (Fsp3) is 1.00. The Kier molecular flexibility index (Phi) is 14.3. The van der Waals surface area contributed by atoms with E-state index in [1.165, 1.54) is 0 Å². The van der Waals surface area contributed by atoms with Gasteiger partial charge < -0.3 is 16.3 Å². The molecule has 0 rings (SSSR count). The highest BCUT2D eigenvalue weighted by atomic mass is 32.3. The Morgan fingerprint density at radius 3 is 1.40 bits per heavy atom. The lowest BCUT2D eigenvalue weighted by Crippen LogP contribution is -2.02. The van der Waals surface area contributed by atoms with E-state index in [-0.39, 0.29) is 12.1 Å². The molecule has 7 nitrogen and oxygen atoms in total. The number of rotatable bonds is 1. The Morgan fingerprint density at radius 2 is 1.40 bits per heavy atom. The summed E-state index contributed by atoms with van der Waals surface area (Å²) in [5, 5.41) is 7.75. The van der Waals surface area contributed by atoms with Gasteiger partial charge in [0.2, 0.25) is 0 Å². The van der Waals surface area contributed by atoms with Crippen molar-refractivity contribution in [1.29, 1.82) is 0 Å². The van der Waals surface area contributed by atoms with E-state index in [0.29, 0.717) is 6.54 Å². The minimum atomic E-state index is -4.67. The third kappa shape index (κ3) is 628. The lowest BCUT2D eigenvalue weighted by molar-refractivity contribution is 0.306. The highest BCUT2D eigenvalue weighted by Gasteiger charge is 1.84. The first kappa shape index (κ1) is 16.4. The van der Waals surface area contributed by atoms with E-state index in [2.05, 4.69) is 0 Å². The first-order valence-electron chi connectivity index (χ1n) is 1.92. The summed E-state index contributed by atoms with van der Waals surface area (Å²) in [5.74, 6) is 0. The van der Waals surface area contributed by atoms with Crippen LogP contribution in [0.3, 0.4) is 0 Å². The highest BCUT2D eigenvalue weighted by Crippen LogP contribution is 1.59. The molecule has 0 unspecified atom stereocenters. The fourth-order valence-electron chi connectivity index (χ4n) is 0. The Labute approximate surface area is 58.4 Å². The van der Waals surface area contributed by atoms with Gasteiger partial charge in [0.25, 0.3) is 0 Å². The van der Waals surface area contributed by atoms with E-state index >= 15 is 0 Å². The number of hydrogen-bond acceptors (Lipinski definition) is 4. The summed E-state index contributed by atoms with van der Waals surface area (Å²) in [6, 6.07) is 0. The van der Waals surface area contributed by atoms with Gasteiger partial charge in [0.1, 0.15) is 0 Å². The van der Waals surface area contributed by atoms with Crippen LogP contribution in [0.2, 0.25) is 0 Å². The van der Waals surface area contributed by atoms with Gasteiger partial charge in [-0.3, -0.25) is 9.11 Å². The first-order chi connectivity index (χ1) is 3.91. The summed E-state index contributed by atoms with van der Waals surface area (Å²) in [5.41, 5.74) is 4.78. The van der Waals surface area contributed by atoms with Gasteiger partial charge >= 0.3 is 10.4 Å². The average Bonchev–Trinajstić information content (AvgIpc) is 1.61. The number of aliphatic hydroxyl groups is 1. The van der Waals surface area contributed by atoms with Crippen LogP contribution in [0.15, 0.2) is 0 Å². The second kappa shape index (κ2) is 8.75. The molecule has 0 bridgehead atoms. The maximum atomic E-state index is 8.74. The molecule has 7 N–H and O–H groups in total. The van der Waals surface area contributed by atoms with Crippen LogP contribution in [0.25, 0.3) is 0 Å². The van der Waals surface area contributed by atoms with E-state index in [0.717, 1.165) is 0 Å². The minimum Gasteiger partial charge on any atom is -0.412 e. The Bertz CT molecular complexity index is 119. The van der Waals surface area contributed by atoms with E-state index in [4.69, 9.17) is 28.4 Å². The van der Waals surface area contributed by atoms with Crippen molar-refractivity contribution in [2.45, 2.75) is 0 Å². The second-order valence-electron chi connectivity index (χ2n) is 0.960. The summed E-state index contributed by atoms with van der Waals surface area (Å²) in [7, 11) is -4.67. The predicted molar refractivity (Wildman–Crippen MR) is 33.9 cm³/mol. The van der Waals surface area contributed by atoms with E-state index in [9.17, 15) is 0 Å². The summed E-state index contributed by atoms with van der Waals surface area (Å²) in [4.78, 5) is 0. The molecule has 0 saturated heterocycles. The van der Waals surface area contributed by atoms with Gasteiger partial charge in [-0.05, 0) is 0 Å². The van der Waals surface area contributed by atoms with Crippen molar-refractivity contribution in [2.75, 3.05) is 13.2 Å². The third-order valence-corrected chi connectivity index (χ3v) is 0.129. The molecule has 66 valence electrons. The molecule has 0 amide bonds. The van der Waals surface area contributed by atoms with Gasteiger partial charge in [0.05, 0.1) is 6.61 Å². The SMILES string of the molecule is NCCO.O.O=S(=O)(O)O. The smallest absolute Gasteiger partial charge is 0.394 e. The van der Waals surface area contributed by atoms with Gasteiger partial charge in [0.15, 0.2) is 0 Å². The molecule has 0 aliphatic heterocycles. The quantitative estimate of drug-likeness (QED) is 0.324. The molecule has 8 heteroatoms. The van der Waals surface area contributed by atoms with Crippen LogP contribution in [-0.4, -0.2) is 41.3 Å². The number of hydrogen-bond donors (Lipinski definition) is 4. The lowest BCUT2D eigenvalue weighted by Gasteiger charge is -1.71. The van der Waals surface area contributed by atoms with E-state index in [1.807, 2.05) is 0 Å². The van der Waals surface area contributed by atoms with Crippen LogP contribution in [0, 0.1) is 0 Å². The number of nitrogens with two attached hydrogens (primary N) is 1. The van der Waals surface area contributed by atoms with Crippen LogP contribution in [-0.2, 0) is 10.4 Å². The molecular formula is C2H11NO6S. The van der Waals surface area contributed by atoms with Gasteiger partial charge in [0, 0.05) is 6.54 Å². The molecule has 0 aliphatic rings. The Morgan fingerprint density at radius 1 is 1.30 bits per heavy atom. The van der Waals surface area contributed by atoms with E-state index < -0.39 is 10.4 Å². The maximum absolute atomic E-state index is 8.74. The van der Waals surface area contributed by atoms with Gasteiger partial charge in [-0.15, -0.1) is 0 Å². The topological polar surface area (TPSA) is 152 Å². The van der Waals surface area contributed by atoms with E-state index in [1.54, 1.807) is 0 Å². The van der Waals surface area contributed by atoms with Crippen LogP contribution < -0.4 is 5.73 Å². The first-order valence-corrected chi connectivity index (χ1v) is 3.32. The predicted octanol–water partition coefficient (Wildman–Crippen LogP) is -2.54. The standard InChI is InChI=1S/C2H7NO.H2O4S.H2O/c3-1-2-4;1-5(2,3)4;/h4H,1-3H2;(H2,1,2,3,4);1H2. The molecular weight excluding hydrogens is 166 g/mol. The minimum absolute atomic E-state index is 0. The zero-order chi connectivity index (χ0) is 7.91. The molecule has 0 radical (unpaired) electrons. The molecule has 0 atom stereocenters. The fourth-order valence-corrected chi connectivity index (χ4v) is 0. The zero-order valence-corrected chi connectivity index (χ0v) is 5.87. The molecule has 0 fully saturated rings. The Hall–Kier alpha value is -0.250. The van der Waals surface area contributed by atoms with Crippen molar-refractivity contribution < 1.29 is 28.1 Å². The molecule has 0 saturated carbocycles. The molecule has 0 heterocycles. The molecule has 10 heavy (non-hydrogen) atoms. The lowest BCUT2D eigenvalue weighted by atomic mass is 10.8. The van der Waals surface area contributed by atoms with Crippen LogP contribution in [0.4, 0.5) is 0 Å². The van der Waals surface area contributed by atoms with Gasteiger partial charge in [-0.1, -0.05) is 0 Å². The summed E-state index contributed by atoms with van der Waals surface area (Å²) < 4.78 is 31.6. The number of aliphatic hydroxyl groups excluding tert-OH is 1. The summed E-state index contributed by atoms with van der Waals surface area (Å²) in [6.45, 7) is 0.472. The maximum Gasteiger partial charge on any atom is 0.394 e.